The minimum Gasteiger partial charge on any atom is -0.354 e. The topological polar surface area (TPSA) is 32.8 Å². The molecular formula is C18H17NO2. The van der Waals surface area contributed by atoms with Crippen LogP contribution in [0.1, 0.15) is 17.2 Å². The molecule has 0 unspecified atom stereocenters. The lowest BCUT2D eigenvalue weighted by molar-refractivity contribution is -0.128. The third-order valence-corrected chi connectivity index (χ3v) is 3.50. The zero-order valence-electron chi connectivity index (χ0n) is 11.8. The van der Waals surface area contributed by atoms with Gasteiger partial charge in [-0.05, 0) is 17.2 Å². The molecule has 3 rings (SSSR count). The van der Waals surface area contributed by atoms with Gasteiger partial charge in [-0.15, -0.1) is 0 Å². The van der Waals surface area contributed by atoms with Crippen LogP contribution in [0.5, 0.6) is 0 Å². The van der Waals surface area contributed by atoms with Gasteiger partial charge in [0.2, 0.25) is 0 Å². The fourth-order valence-electron chi connectivity index (χ4n) is 2.23. The number of likely N-dealkylation sites (N-methyl/N-ethyl adjacent to an activating group) is 1. The molecule has 0 radical (unpaired) electrons. The second kappa shape index (κ2) is 5.94. The van der Waals surface area contributed by atoms with Crippen molar-refractivity contribution in [3.63, 3.8) is 0 Å². The van der Waals surface area contributed by atoms with E-state index in [2.05, 4.69) is 0 Å². The number of carbonyl (C=O) groups is 1. The van der Waals surface area contributed by atoms with Crippen LogP contribution in [0.3, 0.4) is 0 Å². The molecule has 2 atom stereocenters. The average molecular weight is 279 g/mol. The molecule has 21 heavy (non-hydrogen) atoms. The molecule has 2 aromatic rings. The second-order valence-electron chi connectivity index (χ2n) is 5.06. The number of hydrogen-bond donors (Lipinski definition) is 0. The van der Waals surface area contributed by atoms with E-state index in [-0.39, 0.29) is 18.1 Å². The zero-order chi connectivity index (χ0) is 14.7. The molecule has 3 heteroatoms. The van der Waals surface area contributed by atoms with Crippen LogP contribution < -0.4 is 0 Å². The normalized spacial score (nSPS) is 20.4. The first kappa shape index (κ1) is 13.6. The Bertz CT molecular complexity index is 637. The Morgan fingerprint density at radius 3 is 2.33 bits per heavy atom. The molecule has 1 aliphatic rings. The van der Waals surface area contributed by atoms with Gasteiger partial charge >= 0.3 is 0 Å². The first-order chi connectivity index (χ1) is 10.3. The van der Waals surface area contributed by atoms with Gasteiger partial charge in [0.25, 0.3) is 5.91 Å². The summed E-state index contributed by atoms with van der Waals surface area (Å²) in [5, 5.41) is 0. The minimum atomic E-state index is -0.363. The van der Waals surface area contributed by atoms with Crippen molar-refractivity contribution in [3.8, 4) is 0 Å². The highest BCUT2D eigenvalue weighted by Crippen LogP contribution is 2.39. The number of nitrogens with zero attached hydrogens (tertiary/aromatic N) is 1. The van der Waals surface area contributed by atoms with Crippen molar-refractivity contribution in [2.45, 2.75) is 12.2 Å². The molecule has 106 valence electrons. The van der Waals surface area contributed by atoms with Crippen LogP contribution >= 0.6 is 0 Å². The molecule has 1 aliphatic heterocycles. The Morgan fingerprint density at radius 2 is 1.67 bits per heavy atom. The lowest BCUT2D eigenvalue weighted by Crippen LogP contribution is -2.26. The van der Waals surface area contributed by atoms with Gasteiger partial charge in [-0.3, -0.25) is 4.79 Å². The summed E-state index contributed by atoms with van der Waals surface area (Å²) < 4.78 is 5.51. The van der Waals surface area contributed by atoms with Crippen molar-refractivity contribution >= 4 is 12.0 Å². The molecular weight excluding hydrogens is 262 g/mol. The second-order valence-corrected chi connectivity index (χ2v) is 5.06. The largest absolute Gasteiger partial charge is 0.354 e. The highest BCUT2D eigenvalue weighted by atomic mass is 16.6. The van der Waals surface area contributed by atoms with E-state index in [0.29, 0.717) is 0 Å². The molecule has 1 saturated heterocycles. The Hall–Kier alpha value is -2.39. The van der Waals surface area contributed by atoms with Gasteiger partial charge in [0, 0.05) is 13.2 Å². The number of epoxide rings is 1. The molecule has 1 amide bonds. The molecule has 0 saturated carbocycles. The number of carbonyl (C=O) groups excluding carboxylic acids is 1. The Morgan fingerprint density at radius 1 is 1.05 bits per heavy atom. The van der Waals surface area contributed by atoms with Crippen LogP contribution in [0.25, 0.3) is 6.08 Å². The van der Waals surface area contributed by atoms with Crippen molar-refractivity contribution in [1.82, 2.24) is 4.90 Å². The molecule has 0 N–H and O–H groups in total. The number of benzene rings is 2. The fraction of sp³-hybridized carbons (Fsp3) is 0.167. The minimum absolute atomic E-state index is 0.0176. The van der Waals surface area contributed by atoms with Crippen molar-refractivity contribution in [2.24, 2.45) is 0 Å². The summed E-state index contributed by atoms with van der Waals surface area (Å²) in [6.45, 7) is 0. The number of hydrogen-bond acceptors (Lipinski definition) is 2. The van der Waals surface area contributed by atoms with Gasteiger partial charge < -0.3 is 9.64 Å². The third-order valence-electron chi connectivity index (χ3n) is 3.50. The SMILES string of the molecule is CN(C=Cc1ccccc1)C(=O)[C@H]1O[C@H]1c1ccccc1. The first-order valence-electron chi connectivity index (χ1n) is 6.96. The molecule has 2 aromatic carbocycles. The number of rotatable bonds is 4. The molecule has 1 fully saturated rings. The van der Waals surface area contributed by atoms with E-state index < -0.39 is 0 Å². The van der Waals surface area contributed by atoms with E-state index >= 15 is 0 Å². The average Bonchev–Trinajstić information content (AvgIpc) is 3.34. The van der Waals surface area contributed by atoms with Crippen molar-refractivity contribution in [3.05, 3.63) is 78.0 Å². The highest BCUT2D eigenvalue weighted by molar-refractivity contribution is 5.85. The van der Waals surface area contributed by atoms with Crippen LogP contribution in [0.2, 0.25) is 0 Å². The quantitative estimate of drug-likeness (QED) is 0.805. The monoisotopic (exact) mass is 279 g/mol. The van der Waals surface area contributed by atoms with E-state index in [1.807, 2.05) is 66.7 Å². The summed E-state index contributed by atoms with van der Waals surface area (Å²) in [5.41, 5.74) is 2.12. The third kappa shape index (κ3) is 3.20. The van der Waals surface area contributed by atoms with Gasteiger partial charge in [0.1, 0.15) is 6.10 Å². The van der Waals surface area contributed by atoms with Gasteiger partial charge in [-0.1, -0.05) is 60.7 Å². The lowest BCUT2D eigenvalue weighted by Gasteiger charge is -2.10. The van der Waals surface area contributed by atoms with Crippen molar-refractivity contribution in [2.75, 3.05) is 7.05 Å². The van der Waals surface area contributed by atoms with Crippen LogP contribution in [-0.4, -0.2) is 24.0 Å². The summed E-state index contributed by atoms with van der Waals surface area (Å²) in [6, 6.07) is 19.7. The van der Waals surface area contributed by atoms with Crippen LogP contribution in [-0.2, 0) is 9.53 Å². The maximum atomic E-state index is 12.3. The van der Waals surface area contributed by atoms with Crippen molar-refractivity contribution in [1.29, 1.82) is 0 Å². The molecule has 1 heterocycles. The zero-order valence-corrected chi connectivity index (χ0v) is 11.8. The maximum absolute atomic E-state index is 12.3. The Kier molecular flexibility index (Phi) is 3.84. The molecule has 0 aromatic heterocycles. The number of ether oxygens (including phenoxy) is 1. The van der Waals surface area contributed by atoms with Crippen LogP contribution in [0.15, 0.2) is 66.9 Å². The van der Waals surface area contributed by atoms with Crippen molar-refractivity contribution < 1.29 is 9.53 Å². The van der Waals surface area contributed by atoms with Gasteiger partial charge in [0.05, 0.1) is 0 Å². The predicted molar refractivity (Wildman–Crippen MR) is 82.3 cm³/mol. The highest BCUT2D eigenvalue weighted by Gasteiger charge is 2.46. The fourth-order valence-corrected chi connectivity index (χ4v) is 2.23. The summed E-state index contributed by atoms with van der Waals surface area (Å²) >= 11 is 0. The summed E-state index contributed by atoms with van der Waals surface area (Å²) in [5.74, 6) is -0.0176. The standard InChI is InChI=1S/C18H17NO2/c1-19(13-12-14-8-4-2-5-9-14)18(20)17-16(21-17)15-10-6-3-7-11-15/h2-13,16-17H,1H3/t16-,17-/m0/s1. The smallest absolute Gasteiger partial charge is 0.258 e. The summed E-state index contributed by atoms with van der Waals surface area (Å²) in [6.07, 6.45) is 3.23. The number of amides is 1. The van der Waals surface area contributed by atoms with E-state index in [1.54, 1.807) is 18.1 Å². The Labute approximate surface area is 124 Å². The van der Waals surface area contributed by atoms with E-state index in [9.17, 15) is 4.79 Å². The van der Waals surface area contributed by atoms with Crippen LogP contribution in [0, 0.1) is 0 Å². The molecule has 0 aliphatic carbocycles. The Balaban J connectivity index is 1.60. The van der Waals surface area contributed by atoms with Gasteiger partial charge in [0.15, 0.2) is 6.10 Å². The van der Waals surface area contributed by atoms with E-state index in [0.717, 1.165) is 11.1 Å². The molecule has 3 nitrogen and oxygen atoms in total. The maximum Gasteiger partial charge on any atom is 0.258 e. The predicted octanol–water partition coefficient (Wildman–Crippen LogP) is 3.26. The molecule has 0 bridgehead atoms. The van der Waals surface area contributed by atoms with Crippen LogP contribution in [0.4, 0.5) is 0 Å². The van der Waals surface area contributed by atoms with E-state index in [4.69, 9.17) is 4.74 Å². The lowest BCUT2D eigenvalue weighted by atomic mass is 10.1. The van der Waals surface area contributed by atoms with Gasteiger partial charge in [-0.25, -0.2) is 0 Å². The van der Waals surface area contributed by atoms with E-state index in [1.165, 1.54) is 0 Å². The summed E-state index contributed by atoms with van der Waals surface area (Å²) in [7, 11) is 1.76. The molecule has 0 spiro atoms. The summed E-state index contributed by atoms with van der Waals surface area (Å²) in [4.78, 5) is 13.8. The first-order valence-corrected chi connectivity index (χ1v) is 6.96. The van der Waals surface area contributed by atoms with Gasteiger partial charge in [-0.2, -0.15) is 0 Å².